The molecule has 0 aliphatic heterocycles. The molecule has 0 amide bonds. The van der Waals surface area contributed by atoms with Gasteiger partial charge in [0.1, 0.15) is 10.3 Å². The second kappa shape index (κ2) is 7.95. The fourth-order valence-corrected chi connectivity index (χ4v) is 4.59. The van der Waals surface area contributed by atoms with Crippen LogP contribution in [0.5, 0.6) is 0 Å². The maximum atomic E-state index is 10.8. The highest BCUT2D eigenvalue weighted by Crippen LogP contribution is 2.55. The number of halogens is 1. The summed E-state index contributed by atoms with van der Waals surface area (Å²) in [5.74, 6) is 0. The van der Waals surface area contributed by atoms with Gasteiger partial charge in [-0.25, -0.2) is 0 Å². The molecule has 0 unspecified atom stereocenters. The SMILES string of the molecule is N#CC(c1ccccc1)(c1ccccc1)C(Cl)(c1ccccc1)c1ccccc1. The molecular formula is C27H20ClN. The first-order valence-corrected chi connectivity index (χ1v) is 9.93. The van der Waals surface area contributed by atoms with Gasteiger partial charge in [-0.05, 0) is 22.3 Å². The minimum absolute atomic E-state index is 0.858. The number of benzene rings is 4. The molecule has 0 aliphatic carbocycles. The summed E-state index contributed by atoms with van der Waals surface area (Å²) >= 11 is 7.66. The molecule has 0 spiro atoms. The lowest BCUT2D eigenvalue weighted by Gasteiger charge is -2.44. The first-order chi connectivity index (χ1) is 14.2. The van der Waals surface area contributed by atoms with Gasteiger partial charge >= 0.3 is 0 Å². The third kappa shape index (κ3) is 3.03. The Morgan fingerprint density at radius 1 is 0.483 bits per heavy atom. The van der Waals surface area contributed by atoms with Gasteiger partial charge in [0.15, 0.2) is 0 Å². The van der Waals surface area contributed by atoms with Crippen LogP contribution in [0.4, 0.5) is 0 Å². The standard InChI is InChI=1S/C27H20ClN/c28-27(24-17-9-3-10-18-24,25-19-11-4-12-20-25)26(21-29,22-13-5-1-6-14-22)23-15-7-2-8-16-23/h1-20H. The van der Waals surface area contributed by atoms with E-state index >= 15 is 0 Å². The normalized spacial score (nSPS) is 11.6. The molecule has 29 heavy (non-hydrogen) atoms. The van der Waals surface area contributed by atoms with Gasteiger partial charge in [0.05, 0.1) is 6.07 Å². The van der Waals surface area contributed by atoms with E-state index in [1.165, 1.54) is 0 Å². The summed E-state index contributed by atoms with van der Waals surface area (Å²) in [6.45, 7) is 0. The van der Waals surface area contributed by atoms with Gasteiger partial charge in [0, 0.05) is 0 Å². The van der Waals surface area contributed by atoms with Crippen LogP contribution in [0.1, 0.15) is 22.3 Å². The number of rotatable bonds is 5. The number of alkyl halides is 1. The second-order valence-corrected chi connectivity index (χ2v) is 7.55. The Morgan fingerprint density at radius 2 is 0.759 bits per heavy atom. The molecular weight excluding hydrogens is 374 g/mol. The quantitative estimate of drug-likeness (QED) is 0.347. The van der Waals surface area contributed by atoms with Gasteiger partial charge in [-0.2, -0.15) is 5.26 Å². The van der Waals surface area contributed by atoms with Crippen molar-refractivity contribution in [2.75, 3.05) is 0 Å². The lowest BCUT2D eigenvalue weighted by atomic mass is 9.61. The van der Waals surface area contributed by atoms with Gasteiger partial charge in [-0.1, -0.05) is 121 Å². The molecule has 0 aliphatic rings. The Hall–Kier alpha value is -3.34. The monoisotopic (exact) mass is 393 g/mol. The fraction of sp³-hybridized carbons (Fsp3) is 0.0741. The smallest absolute Gasteiger partial charge is 0.134 e. The third-order valence-corrected chi connectivity index (χ3v) is 6.16. The third-order valence-electron chi connectivity index (χ3n) is 5.44. The Bertz CT molecular complexity index is 1020. The van der Waals surface area contributed by atoms with Gasteiger partial charge < -0.3 is 0 Å². The molecule has 0 saturated heterocycles. The summed E-state index contributed by atoms with van der Waals surface area (Å²) in [6.07, 6.45) is 0. The van der Waals surface area contributed by atoms with Crippen molar-refractivity contribution in [1.82, 2.24) is 0 Å². The van der Waals surface area contributed by atoms with Crippen molar-refractivity contribution in [3.05, 3.63) is 144 Å². The van der Waals surface area contributed by atoms with E-state index in [9.17, 15) is 5.26 Å². The van der Waals surface area contributed by atoms with Crippen LogP contribution in [0.3, 0.4) is 0 Å². The van der Waals surface area contributed by atoms with Crippen molar-refractivity contribution in [1.29, 1.82) is 5.26 Å². The summed E-state index contributed by atoms with van der Waals surface area (Å²) in [5, 5.41) is 10.8. The zero-order valence-corrected chi connectivity index (χ0v) is 16.6. The lowest BCUT2D eigenvalue weighted by Crippen LogP contribution is -2.46. The molecule has 0 heterocycles. The minimum Gasteiger partial charge on any atom is -0.197 e. The molecule has 0 N–H and O–H groups in total. The predicted octanol–water partition coefficient (Wildman–Crippen LogP) is 6.68. The van der Waals surface area contributed by atoms with Crippen molar-refractivity contribution in [3.8, 4) is 6.07 Å². The zero-order valence-electron chi connectivity index (χ0n) is 15.9. The van der Waals surface area contributed by atoms with E-state index in [2.05, 4.69) is 6.07 Å². The highest BCUT2D eigenvalue weighted by molar-refractivity contribution is 6.27. The number of nitriles is 1. The molecule has 4 aromatic rings. The minimum atomic E-state index is -1.14. The van der Waals surface area contributed by atoms with Crippen LogP contribution in [-0.4, -0.2) is 0 Å². The molecule has 4 aromatic carbocycles. The Morgan fingerprint density at radius 3 is 1.03 bits per heavy atom. The van der Waals surface area contributed by atoms with Gasteiger partial charge in [0.2, 0.25) is 0 Å². The summed E-state index contributed by atoms with van der Waals surface area (Å²) in [7, 11) is 0. The van der Waals surface area contributed by atoms with Crippen LogP contribution in [0, 0.1) is 11.3 Å². The molecule has 0 bridgehead atoms. The molecule has 0 aromatic heterocycles. The van der Waals surface area contributed by atoms with Crippen molar-refractivity contribution in [2.24, 2.45) is 0 Å². The van der Waals surface area contributed by atoms with E-state index in [1.807, 2.05) is 121 Å². The van der Waals surface area contributed by atoms with E-state index in [0.29, 0.717) is 0 Å². The van der Waals surface area contributed by atoms with Crippen molar-refractivity contribution in [2.45, 2.75) is 10.3 Å². The average Bonchev–Trinajstić information content (AvgIpc) is 2.82. The Balaban J connectivity index is 2.15. The summed E-state index contributed by atoms with van der Waals surface area (Å²) in [6, 6.07) is 42.1. The summed E-state index contributed by atoms with van der Waals surface area (Å²) in [5.41, 5.74) is 2.33. The van der Waals surface area contributed by atoms with E-state index < -0.39 is 10.3 Å². The predicted molar refractivity (Wildman–Crippen MR) is 119 cm³/mol. The molecule has 0 saturated carbocycles. The van der Waals surface area contributed by atoms with Crippen molar-refractivity contribution < 1.29 is 0 Å². The topological polar surface area (TPSA) is 23.8 Å². The number of nitrogens with zero attached hydrogens (tertiary/aromatic N) is 1. The van der Waals surface area contributed by atoms with Crippen LogP contribution < -0.4 is 0 Å². The maximum Gasteiger partial charge on any atom is 0.134 e. The Kier molecular flexibility index (Phi) is 5.21. The summed E-state index contributed by atoms with van der Waals surface area (Å²) in [4.78, 5) is -1.13. The van der Waals surface area contributed by atoms with Crippen LogP contribution >= 0.6 is 11.6 Å². The first kappa shape index (κ1) is 19.0. The Labute approximate surface area is 176 Å². The van der Waals surface area contributed by atoms with Gasteiger partial charge in [0.25, 0.3) is 0 Å². The molecule has 1 nitrogen and oxygen atoms in total. The largest absolute Gasteiger partial charge is 0.197 e. The molecule has 4 rings (SSSR count). The van der Waals surface area contributed by atoms with Crippen LogP contribution in [0.25, 0.3) is 0 Å². The van der Waals surface area contributed by atoms with E-state index in [0.717, 1.165) is 22.3 Å². The van der Waals surface area contributed by atoms with Gasteiger partial charge in [-0.15, -0.1) is 11.6 Å². The molecule has 2 heteroatoms. The highest BCUT2D eigenvalue weighted by atomic mass is 35.5. The molecule has 0 atom stereocenters. The lowest BCUT2D eigenvalue weighted by molar-refractivity contribution is 0.513. The van der Waals surface area contributed by atoms with Crippen LogP contribution in [-0.2, 0) is 10.3 Å². The fourth-order valence-electron chi connectivity index (χ4n) is 4.08. The summed E-state index contributed by atoms with van der Waals surface area (Å²) < 4.78 is 0. The molecule has 0 radical (unpaired) electrons. The second-order valence-electron chi connectivity index (χ2n) is 6.98. The number of hydrogen-bond donors (Lipinski definition) is 0. The van der Waals surface area contributed by atoms with E-state index in [4.69, 9.17) is 11.6 Å². The van der Waals surface area contributed by atoms with Crippen LogP contribution in [0.2, 0.25) is 0 Å². The molecule has 0 fully saturated rings. The van der Waals surface area contributed by atoms with E-state index in [1.54, 1.807) is 0 Å². The maximum absolute atomic E-state index is 10.8. The van der Waals surface area contributed by atoms with E-state index in [-0.39, 0.29) is 0 Å². The van der Waals surface area contributed by atoms with Gasteiger partial charge in [-0.3, -0.25) is 0 Å². The number of hydrogen-bond acceptors (Lipinski definition) is 1. The first-order valence-electron chi connectivity index (χ1n) is 9.56. The van der Waals surface area contributed by atoms with Crippen molar-refractivity contribution >= 4 is 11.6 Å². The molecule has 140 valence electrons. The average molecular weight is 394 g/mol. The van der Waals surface area contributed by atoms with Crippen LogP contribution in [0.15, 0.2) is 121 Å². The van der Waals surface area contributed by atoms with Crippen molar-refractivity contribution in [3.63, 3.8) is 0 Å². The zero-order chi connectivity index (χ0) is 20.2. The highest BCUT2D eigenvalue weighted by Gasteiger charge is 2.55.